The fourth-order valence-electron chi connectivity index (χ4n) is 5.25. The van der Waals surface area contributed by atoms with E-state index in [0.717, 1.165) is 30.7 Å². The van der Waals surface area contributed by atoms with Gasteiger partial charge in [0.2, 0.25) is 0 Å². The molecule has 0 fully saturated rings. The van der Waals surface area contributed by atoms with Gasteiger partial charge in [0, 0.05) is 26.4 Å². The molecule has 0 saturated carbocycles. The van der Waals surface area contributed by atoms with Crippen molar-refractivity contribution in [1.29, 1.82) is 0 Å². The summed E-state index contributed by atoms with van der Waals surface area (Å²) in [6, 6.07) is 0. The van der Waals surface area contributed by atoms with Crippen molar-refractivity contribution in [3.05, 3.63) is 0 Å². The van der Waals surface area contributed by atoms with Crippen LogP contribution in [0.15, 0.2) is 0 Å². The van der Waals surface area contributed by atoms with E-state index in [0.29, 0.717) is 19.4 Å². The molecule has 0 atom stereocenters. The zero-order valence-corrected chi connectivity index (χ0v) is 28.8. The maximum atomic E-state index is 12.4. The van der Waals surface area contributed by atoms with Crippen LogP contribution in [-0.2, 0) is 9.59 Å². The Morgan fingerprint density at radius 1 is 0.463 bits per heavy atom. The van der Waals surface area contributed by atoms with Crippen LogP contribution < -0.4 is 0 Å². The lowest BCUT2D eigenvalue weighted by Gasteiger charge is -2.10. The minimum atomic E-state index is -0.375. The van der Waals surface area contributed by atoms with Gasteiger partial charge in [0.25, 0.3) is 0 Å². The Bertz CT molecular complexity index is 492. The van der Waals surface area contributed by atoms with Gasteiger partial charge >= 0.3 is 0 Å². The normalized spacial score (nSPS) is 11.2. The first kappa shape index (κ1) is 42.4. The van der Waals surface area contributed by atoms with Crippen LogP contribution in [-0.4, -0.2) is 35.4 Å². The first-order chi connectivity index (χ1) is 19.9. The van der Waals surface area contributed by atoms with E-state index in [4.69, 9.17) is 5.21 Å². The molecule has 0 aromatic carbocycles. The summed E-state index contributed by atoms with van der Waals surface area (Å²) in [5.41, 5.74) is 0. The van der Waals surface area contributed by atoms with Crippen LogP contribution >= 0.6 is 0 Å². The topological polar surface area (TPSA) is 57.6 Å². The third-order valence-electron chi connectivity index (χ3n) is 8.48. The van der Waals surface area contributed by atoms with Crippen molar-refractivity contribution in [2.45, 2.75) is 207 Å². The highest BCUT2D eigenvalue weighted by atomic mass is 16.5. The van der Waals surface area contributed by atoms with E-state index < -0.39 is 0 Å². The van der Waals surface area contributed by atoms with Gasteiger partial charge in [-0.05, 0) is 19.8 Å². The number of Topliss-reactive ketones (excluding diaryl/α,β-unsaturated/α-hetero) is 2. The standard InChI is InChI=1S/C34H66O2.C3H9NO/c1-4-6-8-10-12-14-16-18-20-22-24-26-28-30-33(35)32(3)34(36)31-29-27-25-23-21-19-17-15-13-11-9-7-5-2;1-3-4(2)5/h32H,4-31H2,1-3H3;5H,3H2,1-2H3. The molecule has 246 valence electrons. The molecule has 0 aromatic heterocycles. The number of rotatable bonds is 31. The van der Waals surface area contributed by atoms with Gasteiger partial charge in [0.1, 0.15) is 11.6 Å². The molecule has 0 aliphatic rings. The zero-order chi connectivity index (χ0) is 30.8. The van der Waals surface area contributed by atoms with E-state index in [-0.39, 0.29) is 17.5 Å². The van der Waals surface area contributed by atoms with Gasteiger partial charge in [-0.2, -0.15) is 5.06 Å². The minimum absolute atomic E-state index is 0.178. The van der Waals surface area contributed by atoms with Gasteiger partial charge in [0.05, 0.1) is 5.92 Å². The predicted molar refractivity (Wildman–Crippen MR) is 180 cm³/mol. The second-order valence-electron chi connectivity index (χ2n) is 12.6. The Hall–Kier alpha value is -0.740. The smallest absolute Gasteiger partial charge is 0.143 e. The highest BCUT2D eigenvalue weighted by molar-refractivity contribution is 6.01. The SMILES string of the molecule is CCCCCCCCCCCCCCCC(=O)C(C)C(=O)CCCCCCCCCCCCCCC.CCN(C)O. The Morgan fingerprint density at radius 3 is 0.854 bits per heavy atom. The fourth-order valence-corrected chi connectivity index (χ4v) is 5.25. The number of hydroxylamine groups is 2. The third-order valence-corrected chi connectivity index (χ3v) is 8.48. The van der Waals surface area contributed by atoms with Crippen molar-refractivity contribution in [3.8, 4) is 0 Å². The molecule has 4 heteroatoms. The van der Waals surface area contributed by atoms with Gasteiger partial charge in [-0.25, -0.2) is 0 Å². The molecule has 41 heavy (non-hydrogen) atoms. The minimum Gasteiger partial charge on any atom is -0.314 e. The summed E-state index contributed by atoms with van der Waals surface area (Å²) in [4.78, 5) is 24.8. The summed E-state index contributed by atoms with van der Waals surface area (Å²) in [6.45, 7) is 8.96. The molecule has 0 radical (unpaired) electrons. The Balaban J connectivity index is 0. The monoisotopic (exact) mass is 582 g/mol. The maximum Gasteiger partial charge on any atom is 0.143 e. The lowest BCUT2D eigenvalue weighted by molar-refractivity contribution is -0.132. The van der Waals surface area contributed by atoms with Crippen LogP contribution in [0.25, 0.3) is 0 Å². The number of ketones is 2. The van der Waals surface area contributed by atoms with Crippen molar-refractivity contribution in [2.75, 3.05) is 13.6 Å². The molecule has 0 saturated heterocycles. The van der Waals surface area contributed by atoms with Crippen LogP contribution in [0.1, 0.15) is 207 Å². The van der Waals surface area contributed by atoms with E-state index in [1.54, 1.807) is 7.05 Å². The second-order valence-corrected chi connectivity index (χ2v) is 12.6. The molecule has 0 spiro atoms. The van der Waals surface area contributed by atoms with E-state index >= 15 is 0 Å². The fraction of sp³-hybridized carbons (Fsp3) is 0.946. The van der Waals surface area contributed by atoms with Crippen LogP contribution in [0.3, 0.4) is 0 Å². The van der Waals surface area contributed by atoms with Crippen molar-refractivity contribution < 1.29 is 14.8 Å². The van der Waals surface area contributed by atoms with Gasteiger partial charge in [-0.1, -0.05) is 175 Å². The molecule has 0 unspecified atom stereocenters. The van der Waals surface area contributed by atoms with Crippen molar-refractivity contribution in [3.63, 3.8) is 0 Å². The number of carbonyl (C=O) groups is 2. The molecule has 0 amide bonds. The highest BCUT2D eigenvalue weighted by Crippen LogP contribution is 2.16. The van der Waals surface area contributed by atoms with Crippen molar-refractivity contribution >= 4 is 11.6 Å². The lowest BCUT2D eigenvalue weighted by Crippen LogP contribution is -2.20. The average molecular weight is 582 g/mol. The summed E-state index contributed by atoms with van der Waals surface area (Å²) >= 11 is 0. The largest absolute Gasteiger partial charge is 0.314 e. The van der Waals surface area contributed by atoms with E-state index in [1.807, 2.05) is 13.8 Å². The number of hydrogen-bond acceptors (Lipinski definition) is 4. The van der Waals surface area contributed by atoms with E-state index in [2.05, 4.69) is 13.8 Å². The number of carbonyl (C=O) groups excluding carboxylic acids is 2. The molecule has 0 heterocycles. The van der Waals surface area contributed by atoms with Crippen molar-refractivity contribution in [1.82, 2.24) is 5.06 Å². The predicted octanol–water partition coefficient (Wildman–Crippen LogP) is 12.1. The second kappa shape index (κ2) is 35.5. The molecule has 0 aromatic rings. The molecule has 1 N–H and O–H groups in total. The number of nitrogens with zero attached hydrogens (tertiary/aromatic N) is 1. The Kier molecular flexibility index (Phi) is 36.7. The molecule has 0 aliphatic carbocycles. The first-order valence-electron chi connectivity index (χ1n) is 18.4. The molecular formula is C37H75NO3. The summed E-state index contributed by atoms with van der Waals surface area (Å²) < 4.78 is 0. The highest BCUT2D eigenvalue weighted by Gasteiger charge is 2.19. The van der Waals surface area contributed by atoms with Crippen LogP contribution in [0.2, 0.25) is 0 Å². The molecule has 4 nitrogen and oxygen atoms in total. The quantitative estimate of drug-likeness (QED) is 0.0502. The van der Waals surface area contributed by atoms with E-state index in [1.165, 1.54) is 141 Å². The summed E-state index contributed by atoms with van der Waals surface area (Å²) in [5, 5.41) is 9.32. The van der Waals surface area contributed by atoms with Gasteiger partial charge in [-0.15, -0.1) is 0 Å². The molecule has 0 aliphatic heterocycles. The van der Waals surface area contributed by atoms with Crippen LogP contribution in [0, 0.1) is 5.92 Å². The zero-order valence-electron chi connectivity index (χ0n) is 28.8. The first-order valence-corrected chi connectivity index (χ1v) is 18.4. The van der Waals surface area contributed by atoms with Crippen molar-refractivity contribution in [2.24, 2.45) is 5.92 Å². The third kappa shape index (κ3) is 35.4. The van der Waals surface area contributed by atoms with Crippen LogP contribution in [0.4, 0.5) is 0 Å². The van der Waals surface area contributed by atoms with E-state index in [9.17, 15) is 9.59 Å². The molecule has 0 rings (SSSR count). The van der Waals surface area contributed by atoms with Gasteiger partial charge in [-0.3, -0.25) is 9.59 Å². The number of hydrogen-bond donors (Lipinski definition) is 1. The summed E-state index contributed by atoms with van der Waals surface area (Å²) in [7, 11) is 1.61. The van der Waals surface area contributed by atoms with Gasteiger partial charge < -0.3 is 5.21 Å². The summed E-state index contributed by atoms with van der Waals surface area (Å²) in [5.74, 6) is -0.0183. The van der Waals surface area contributed by atoms with Gasteiger partial charge in [0.15, 0.2) is 0 Å². The average Bonchev–Trinajstić information content (AvgIpc) is 2.97. The van der Waals surface area contributed by atoms with Crippen LogP contribution in [0.5, 0.6) is 0 Å². The number of unbranched alkanes of at least 4 members (excludes halogenated alkanes) is 24. The Morgan fingerprint density at radius 2 is 0.659 bits per heavy atom. The summed E-state index contributed by atoms with van der Waals surface area (Å²) in [6.07, 6.45) is 35.5. The Labute approximate surface area is 258 Å². The molecule has 0 bridgehead atoms. The lowest BCUT2D eigenvalue weighted by atomic mass is 9.93. The maximum absolute atomic E-state index is 12.4. The molecular weight excluding hydrogens is 506 g/mol.